The first-order chi connectivity index (χ1) is 15.0. The highest BCUT2D eigenvalue weighted by molar-refractivity contribution is 7.10. The number of aryl methyl sites for hydroxylation is 1. The van der Waals surface area contributed by atoms with Gasteiger partial charge in [-0.3, -0.25) is 9.78 Å². The summed E-state index contributed by atoms with van der Waals surface area (Å²) in [5, 5.41) is 9.60. The minimum absolute atomic E-state index is 0.000915. The molecule has 2 unspecified atom stereocenters. The second-order valence-electron chi connectivity index (χ2n) is 7.42. The summed E-state index contributed by atoms with van der Waals surface area (Å²) >= 11 is 0.923. The number of oxazole rings is 1. The van der Waals surface area contributed by atoms with E-state index in [1.807, 2.05) is 6.92 Å². The fraction of sp³-hybridized carbons (Fsp3) is 0.364. The van der Waals surface area contributed by atoms with Gasteiger partial charge >= 0.3 is 4.87 Å². The van der Waals surface area contributed by atoms with Crippen molar-refractivity contribution in [2.45, 2.75) is 51.4 Å². The molecular formula is C22H23FN2O5S. The molecule has 0 radical (unpaired) electrons. The molecule has 2 heterocycles. The van der Waals surface area contributed by atoms with E-state index in [-0.39, 0.29) is 28.8 Å². The molecule has 4 rings (SSSR count). The smallest absolute Gasteiger partial charge is 0.307 e. The van der Waals surface area contributed by atoms with Crippen LogP contribution in [-0.2, 0) is 16.1 Å². The van der Waals surface area contributed by atoms with Gasteiger partial charge in [0.1, 0.15) is 23.4 Å². The SMILES string of the molecule is Cc1oc(-c2ccc(F)cc2)nc1COC1CCCC(OC=Cc2sc(=O)[nH]c2O)C1. The van der Waals surface area contributed by atoms with Crippen LogP contribution < -0.4 is 4.87 Å². The number of aromatic nitrogens is 2. The standard InChI is InChI=1S/C22H23FN2O5S/c1-13-18(24-21(30-13)14-5-7-15(23)8-6-14)12-29-17-4-2-3-16(11-17)28-10-9-19-20(26)25-22(27)31-19/h5-10,16-17,26H,2-4,11-12H2,1H3,(H,25,27). The molecule has 3 aromatic rings. The van der Waals surface area contributed by atoms with E-state index in [0.717, 1.165) is 42.7 Å². The molecule has 7 nitrogen and oxygen atoms in total. The molecule has 2 aromatic heterocycles. The molecule has 1 aromatic carbocycles. The van der Waals surface area contributed by atoms with Crippen molar-refractivity contribution in [3.63, 3.8) is 0 Å². The molecule has 0 aliphatic heterocycles. The topological polar surface area (TPSA) is 97.6 Å². The Morgan fingerprint density at radius 1 is 1.32 bits per heavy atom. The van der Waals surface area contributed by atoms with E-state index in [4.69, 9.17) is 13.9 Å². The van der Waals surface area contributed by atoms with Crippen LogP contribution in [0.25, 0.3) is 17.5 Å². The van der Waals surface area contributed by atoms with Crippen LogP contribution in [0.2, 0.25) is 0 Å². The largest absolute Gasteiger partial charge is 0.498 e. The Labute approximate surface area is 182 Å². The molecule has 2 N–H and O–H groups in total. The first-order valence-electron chi connectivity index (χ1n) is 10.1. The monoisotopic (exact) mass is 446 g/mol. The number of H-pyrrole nitrogens is 1. The third kappa shape index (κ3) is 5.42. The van der Waals surface area contributed by atoms with Crippen molar-refractivity contribution in [2.24, 2.45) is 0 Å². The maximum atomic E-state index is 13.1. The van der Waals surface area contributed by atoms with E-state index in [1.54, 1.807) is 18.2 Å². The van der Waals surface area contributed by atoms with Gasteiger partial charge in [-0.25, -0.2) is 9.37 Å². The van der Waals surface area contributed by atoms with E-state index >= 15 is 0 Å². The van der Waals surface area contributed by atoms with Gasteiger partial charge in [0.25, 0.3) is 0 Å². The lowest BCUT2D eigenvalue weighted by Gasteiger charge is -2.28. The first kappa shape index (κ1) is 21.3. The van der Waals surface area contributed by atoms with Crippen LogP contribution in [0.5, 0.6) is 5.88 Å². The predicted octanol–water partition coefficient (Wildman–Crippen LogP) is 4.76. The number of rotatable bonds is 7. The number of nitrogens with zero attached hydrogens (tertiary/aromatic N) is 1. The van der Waals surface area contributed by atoms with Gasteiger partial charge < -0.3 is 19.0 Å². The zero-order valence-electron chi connectivity index (χ0n) is 17.0. The highest BCUT2D eigenvalue weighted by Crippen LogP contribution is 2.27. The summed E-state index contributed by atoms with van der Waals surface area (Å²) in [6.45, 7) is 2.16. The number of hydrogen-bond acceptors (Lipinski definition) is 7. The molecule has 0 bridgehead atoms. The Bertz CT molecular complexity index is 1100. The highest BCUT2D eigenvalue weighted by atomic mass is 32.1. The van der Waals surface area contributed by atoms with E-state index in [0.29, 0.717) is 28.7 Å². The number of hydrogen-bond donors (Lipinski definition) is 2. The maximum Gasteiger partial charge on any atom is 0.307 e. The quantitative estimate of drug-likeness (QED) is 0.508. The molecule has 0 saturated heterocycles. The molecule has 31 heavy (non-hydrogen) atoms. The number of halogens is 1. The van der Waals surface area contributed by atoms with Crippen molar-refractivity contribution in [2.75, 3.05) is 0 Å². The Hall–Kier alpha value is -2.91. The van der Waals surface area contributed by atoms with E-state index in [2.05, 4.69) is 9.97 Å². The molecule has 1 saturated carbocycles. The van der Waals surface area contributed by atoms with Crippen molar-refractivity contribution in [1.29, 1.82) is 0 Å². The summed E-state index contributed by atoms with van der Waals surface area (Å²) in [7, 11) is 0. The van der Waals surface area contributed by atoms with Crippen molar-refractivity contribution in [3.05, 3.63) is 62.3 Å². The Morgan fingerprint density at radius 3 is 2.84 bits per heavy atom. The molecule has 0 amide bonds. The zero-order valence-corrected chi connectivity index (χ0v) is 17.8. The normalized spacial score (nSPS) is 19.2. The van der Waals surface area contributed by atoms with Crippen LogP contribution in [-0.4, -0.2) is 27.3 Å². The Balaban J connectivity index is 1.30. The van der Waals surface area contributed by atoms with Gasteiger partial charge in [-0.15, -0.1) is 0 Å². The second kappa shape index (κ2) is 9.49. The van der Waals surface area contributed by atoms with Gasteiger partial charge in [-0.05, 0) is 56.5 Å². The summed E-state index contributed by atoms with van der Waals surface area (Å²) < 4.78 is 30.7. The van der Waals surface area contributed by atoms with E-state index in [9.17, 15) is 14.3 Å². The third-order valence-corrected chi connectivity index (χ3v) is 6.00. The van der Waals surface area contributed by atoms with Gasteiger partial charge in [-0.1, -0.05) is 11.3 Å². The minimum Gasteiger partial charge on any atom is -0.498 e. The number of ether oxygens (including phenoxy) is 2. The highest BCUT2D eigenvalue weighted by Gasteiger charge is 2.24. The van der Waals surface area contributed by atoms with Crippen LogP contribution in [0, 0.1) is 12.7 Å². The van der Waals surface area contributed by atoms with Crippen LogP contribution >= 0.6 is 11.3 Å². The van der Waals surface area contributed by atoms with Crippen molar-refractivity contribution < 1.29 is 23.4 Å². The van der Waals surface area contributed by atoms with Gasteiger partial charge in [0.15, 0.2) is 0 Å². The summed E-state index contributed by atoms with van der Waals surface area (Å²) in [6, 6.07) is 6.01. The van der Waals surface area contributed by atoms with Crippen LogP contribution in [0.1, 0.15) is 42.0 Å². The molecule has 1 fully saturated rings. The maximum absolute atomic E-state index is 13.1. The average molecular weight is 447 g/mol. The Morgan fingerprint density at radius 2 is 2.10 bits per heavy atom. The van der Waals surface area contributed by atoms with Gasteiger partial charge in [0, 0.05) is 12.0 Å². The number of nitrogens with one attached hydrogen (secondary N) is 1. The fourth-order valence-corrected chi connectivity index (χ4v) is 4.13. The molecule has 164 valence electrons. The molecule has 0 spiro atoms. The summed E-state index contributed by atoms with van der Waals surface area (Å²) in [4.78, 5) is 18.2. The van der Waals surface area contributed by atoms with Crippen molar-refractivity contribution in [3.8, 4) is 17.3 Å². The van der Waals surface area contributed by atoms with E-state index in [1.165, 1.54) is 18.4 Å². The number of benzene rings is 1. The van der Waals surface area contributed by atoms with Crippen LogP contribution in [0.3, 0.4) is 0 Å². The predicted molar refractivity (Wildman–Crippen MR) is 114 cm³/mol. The lowest BCUT2D eigenvalue weighted by Crippen LogP contribution is -2.27. The number of thiazole rings is 1. The lowest BCUT2D eigenvalue weighted by atomic mass is 9.95. The average Bonchev–Trinajstić information content (AvgIpc) is 3.28. The molecule has 9 heteroatoms. The van der Waals surface area contributed by atoms with Crippen LogP contribution in [0.4, 0.5) is 4.39 Å². The van der Waals surface area contributed by atoms with Gasteiger partial charge in [-0.2, -0.15) is 0 Å². The fourth-order valence-electron chi connectivity index (χ4n) is 3.51. The van der Waals surface area contributed by atoms with Gasteiger partial charge in [0.2, 0.25) is 11.8 Å². The summed E-state index contributed by atoms with van der Waals surface area (Å²) in [6.07, 6.45) is 6.70. The van der Waals surface area contributed by atoms with Crippen molar-refractivity contribution >= 4 is 17.4 Å². The molecule has 2 atom stereocenters. The van der Waals surface area contributed by atoms with Crippen molar-refractivity contribution in [1.82, 2.24) is 9.97 Å². The van der Waals surface area contributed by atoms with Gasteiger partial charge in [0.05, 0.1) is 23.9 Å². The first-order valence-corrected chi connectivity index (χ1v) is 10.9. The third-order valence-electron chi connectivity index (χ3n) is 5.16. The molecule has 1 aliphatic rings. The lowest BCUT2D eigenvalue weighted by molar-refractivity contribution is -0.0277. The zero-order chi connectivity index (χ0) is 21.8. The molecular weight excluding hydrogens is 423 g/mol. The molecule has 1 aliphatic carbocycles. The second-order valence-corrected chi connectivity index (χ2v) is 8.43. The number of aromatic hydroxyl groups is 1. The number of aromatic amines is 1. The van der Waals surface area contributed by atoms with E-state index < -0.39 is 0 Å². The van der Waals surface area contributed by atoms with Crippen LogP contribution in [0.15, 0.2) is 39.7 Å². The minimum atomic E-state index is -0.311. The summed E-state index contributed by atoms with van der Waals surface area (Å²) in [5.74, 6) is 0.667. The summed E-state index contributed by atoms with van der Waals surface area (Å²) in [5.41, 5.74) is 1.44. The Kier molecular flexibility index (Phi) is 6.53.